The monoisotopic (exact) mass is 344 g/mol. The second kappa shape index (κ2) is 6.63. The van der Waals surface area contributed by atoms with Crippen LogP contribution in [0.15, 0.2) is 45.4 Å². The molecule has 0 aliphatic rings. The van der Waals surface area contributed by atoms with Gasteiger partial charge in [0.05, 0.1) is 18.0 Å². The fraction of sp³-hybridized carbons (Fsp3) is 0.250. The van der Waals surface area contributed by atoms with Crippen LogP contribution in [-0.2, 0) is 0 Å². The number of carbonyl (C=O) groups excluding carboxylic acids is 1. The Kier molecular flexibility index (Phi) is 4.38. The van der Waals surface area contributed by atoms with E-state index < -0.39 is 16.7 Å². The molecule has 0 fully saturated rings. The molecule has 0 aliphatic carbocycles. The van der Waals surface area contributed by atoms with Crippen LogP contribution in [0.4, 0.5) is 5.88 Å². The Bertz CT molecular complexity index is 894. The van der Waals surface area contributed by atoms with Gasteiger partial charge in [-0.15, -0.1) is 0 Å². The van der Waals surface area contributed by atoms with Crippen LogP contribution in [0.5, 0.6) is 0 Å². The lowest BCUT2D eigenvalue weighted by Gasteiger charge is -2.17. The molecular weight excluding hydrogens is 328 g/mol. The van der Waals surface area contributed by atoms with Crippen molar-refractivity contribution in [3.63, 3.8) is 0 Å². The third-order valence-corrected chi connectivity index (χ3v) is 3.66. The van der Waals surface area contributed by atoms with Gasteiger partial charge in [0.15, 0.2) is 5.76 Å². The first-order chi connectivity index (χ1) is 12.0. The zero-order valence-corrected chi connectivity index (χ0v) is 13.6. The molecule has 9 heteroatoms. The molecule has 1 amide bonds. The number of carbonyl (C=O) groups is 1. The maximum absolute atomic E-state index is 12.2. The van der Waals surface area contributed by atoms with Crippen molar-refractivity contribution in [3.05, 3.63) is 69.6 Å². The van der Waals surface area contributed by atoms with Crippen LogP contribution >= 0.6 is 0 Å². The fourth-order valence-electron chi connectivity index (χ4n) is 2.57. The lowest BCUT2D eigenvalue weighted by Crippen LogP contribution is -2.31. The number of rotatable bonds is 6. The Morgan fingerprint density at radius 1 is 1.40 bits per heavy atom. The van der Waals surface area contributed by atoms with Crippen LogP contribution in [0, 0.1) is 24.0 Å². The minimum absolute atomic E-state index is 0.127. The number of furan rings is 2. The second-order valence-corrected chi connectivity index (χ2v) is 5.51. The van der Waals surface area contributed by atoms with Crippen molar-refractivity contribution in [2.24, 2.45) is 0 Å². The predicted molar refractivity (Wildman–Crippen MR) is 86.2 cm³/mol. The second-order valence-electron chi connectivity index (χ2n) is 5.51. The summed E-state index contributed by atoms with van der Waals surface area (Å²) in [5.74, 6) is -0.521. The van der Waals surface area contributed by atoms with E-state index in [0.29, 0.717) is 5.76 Å². The van der Waals surface area contributed by atoms with Gasteiger partial charge < -0.3 is 14.2 Å². The van der Waals surface area contributed by atoms with Crippen LogP contribution in [0.2, 0.25) is 0 Å². The maximum Gasteiger partial charge on any atom is 0.433 e. The fourth-order valence-corrected chi connectivity index (χ4v) is 2.57. The van der Waals surface area contributed by atoms with Gasteiger partial charge in [0.25, 0.3) is 5.91 Å². The Morgan fingerprint density at radius 3 is 2.76 bits per heavy atom. The first-order valence-corrected chi connectivity index (χ1v) is 7.54. The lowest BCUT2D eigenvalue weighted by atomic mass is 10.2. The van der Waals surface area contributed by atoms with E-state index >= 15 is 0 Å². The molecule has 9 nitrogen and oxygen atoms in total. The predicted octanol–water partition coefficient (Wildman–Crippen LogP) is 2.61. The molecule has 3 heterocycles. The van der Waals surface area contributed by atoms with E-state index in [-0.39, 0.29) is 18.3 Å². The highest BCUT2D eigenvalue weighted by atomic mass is 16.6. The molecule has 3 aromatic heterocycles. The largest absolute Gasteiger partial charge is 0.467 e. The summed E-state index contributed by atoms with van der Waals surface area (Å²) in [5, 5.41) is 17.8. The standard InChI is InChI=1S/C16H16N4O5/c1-10-8-11(2)19(18-10)12(13-4-3-7-24-13)9-17-16(21)14-5-6-15(25-14)20(22)23/h3-8,12H,9H2,1-2H3,(H,17,21). The maximum atomic E-state index is 12.2. The minimum atomic E-state index is -0.696. The molecule has 1 N–H and O–H groups in total. The van der Waals surface area contributed by atoms with Crippen LogP contribution in [0.25, 0.3) is 0 Å². The molecule has 0 saturated carbocycles. The number of nitrogens with one attached hydrogen (secondary N) is 1. The van der Waals surface area contributed by atoms with E-state index in [2.05, 4.69) is 10.4 Å². The van der Waals surface area contributed by atoms with Gasteiger partial charge in [-0.3, -0.25) is 19.6 Å². The summed E-state index contributed by atoms with van der Waals surface area (Å²) in [4.78, 5) is 22.1. The van der Waals surface area contributed by atoms with Gasteiger partial charge in [0.2, 0.25) is 0 Å². The van der Waals surface area contributed by atoms with Gasteiger partial charge in [0.1, 0.15) is 16.7 Å². The Hall–Kier alpha value is -3.36. The van der Waals surface area contributed by atoms with Crippen molar-refractivity contribution in [1.82, 2.24) is 15.1 Å². The van der Waals surface area contributed by atoms with Gasteiger partial charge >= 0.3 is 5.88 Å². The van der Waals surface area contributed by atoms with E-state index in [1.165, 1.54) is 6.07 Å². The molecule has 0 saturated heterocycles. The van der Waals surface area contributed by atoms with Gasteiger partial charge in [-0.1, -0.05) is 0 Å². The van der Waals surface area contributed by atoms with E-state index in [9.17, 15) is 14.9 Å². The molecule has 0 bridgehead atoms. The summed E-state index contributed by atoms with van der Waals surface area (Å²) in [7, 11) is 0. The van der Waals surface area contributed by atoms with Gasteiger partial charge in [-0.05, 0) is 38.1 Å². The quantitative estimate of drug-likeness (QED) is 0.543. The van der Waals surface area contributed by atoms with E-state index in [4.69, 9.17) is 8.83 Å². The molecule has 1 atom stereocenters. The lowest BCUT2D eigenvalue weighted by molar-refractivity contribution is -0.402. The molecule has 0 radical (unpaired) electrons. The zero-order chi connectivity index (χ0) is 18.0. The van der Waals surface area contributed by atoms with Gasteiger partial charge in [0, 0.05) is 12.2 Å². The smallest absolute Gasteiger partial charge is 0.433 e. The number of amides is 1. The molecule has 0 aliphatic heterocycles. The SMILES string of the molecule is Cc1cc(C)n(C(CNC(=O)c2ccc([N+](=O)[O-])o2)c2ccco2)n1. The Labute approximate surface area is 142 Å². The molecule has 1 unspecified atom stereocenters. The first kappa shape index (κ1) is 16.5. The summed E-state index contributed by atoms with van der Waals surface area (Å²) in [6.07, 6.45) is 1.55. The Balaban J connectivity index is 1.78. The zero-order valence-electron chi connectivity index (χ0n) is 13.6. The summed E-state index contributed by atoms with van der Waals surface area (Å²) >= 11 is 0. The highest BCUT2D eigenvalue weighted by molar-refractivity contribution is 5.91. The van der Waals surface area contributed by atoms with E-state index in [0.717, 1.165) is 17.5 Å². The van der Waals surface area contributed by atoms with Crippen LogP contribution in [-0.4, -0.2) is 27.2 Å². The molecule has 130 valence electrons. The number of aromatic nitrogens is 2. The minimum Gasteiger partial charge on any atom is -0.467 e. The molecule has 0 aromatic carbocycles. The Morgan fingerprint density at radius 2 is 2.20 bits per heavy atom. The van der Waals surface area contributed by atoms with Crippen molar-refractivity contribution in [3.8, 4) is 0 Å². The normalized spacial score (nSPS) is 12.1. The first-order valence-electron chi connectivity index (χ1n) is 7.54. The average Bonchev–Trinajstić information content (AvgIpc) is 3.29. The number of hydrogen-bond acceptors (Lipinski definition) is 6. The number of hydrogen-bond donors (Lipinski definition) is 1. The van der Waals surface area contributed by atoms with Crippen LogP contribution < -0.4 is 5.32 Å². The summed E-state index contributed by atoms with van der Waals surface area (Å²) in [5.41, 5.74) is 1.77. The van der Waals surface area contributed by atoms with E-state index in [1.807, 2.05) is 19.9 Å². The molecule has 3 rings (SSSR count). The van der Waals surface area contributed by atoms with Crippen molar-refractivity contribution >= 4 is 11.8 Å². The van der Waals surface area contributed by atoms with Crippen LogP contribution in [0.3, 0.4) is 0 Å². The van der Waals surface area contributed by atoms with E-state index in [1.54, 1.807) is 23.1 Å². The number of aryl methyl sites for hydroxylation is 2. The summed E-state index contributed by atoms with van der Waals surface area (Å²) in [6, 6.07) is 7.53. The highest BCUT2D eigenvalue weighted by Crippen LogP contribution is 2.21. The molecule has 0 spiro atoms. The third-order valence-electron chi connectivity index (χ3n) is 3.66. The molecule has 25 heavy (non-hydrogen) atoms. The number of nitrogens with zero attached hydrogens (tertiary/aromatic N) is 3. The summed E-state index contributed by atoms with van der Waals surface area (Å²) < 4.78 is 12.1. The highest BCUT2D eigenvalue weighted by Gasteiger charge is 2.23. The molecule has 3 aromatic rings. The van der Waals surface area contributed by atoms with Crippen molar-refractivity contribution in [2.45, 2.75) is 19.9 Å². The number of nitro groups is 1. The van der Waals surface area contributed by atoms with Crippen molar-refractivity contribution < 1.29 is 18.6 Å². The summed E-state index contributed by atoms with van der Waals surface area (Å²) in [6.45, 7) is 3.97. The topological polar surface area (TPSA) is 116 Å². The molecular formula is C16H16N4O5. The van der Waals surface area contributed by atoms with Gasteiger partial charge in [-0.2, -0.15) is 5.10 Å². The van der Waals surface area contributed by atoms with Crippen molar-refractivity contribution in [1.29, 1.82) is 0 Å². The average molecular weight is 344 g/mol. The van der Waals surface area contributed by atoms with Crippen molar-refractivity contribution in [2.75, 3.05) is 6.54 Å². The third kappa shape index (κ3) is 3.44. The van der Waals surface area contributed by atoms with Gasteiger partial charge in [-0.25, -0.2) is 0 Å². The van der Waals surface area contributed by atoms with Crippen LogP contribution in [0.1, 0.15) is 33.7 Å².